The van der Waals surface area contributed by atoms with Crippen LogP contribution in [0.5, 0.6) is 0 Å². The summed E-state index contributed by atoms with van der Waals surface area (Å²) in [6.45, 7) is 5.75. The van der Waals surface area contributed by atoms with E-state index in [-0.39, 0.29) is 5.76 Å². The lowest BCUT2D eigenvalue weighted by Gasteiger charge is -2.02. The number of H-pyrrole nitrogens is 1. The lowest BCUT2D eigenvalue weighted by atomic mass is 10.1. The lowest BCUT2D eigenvalue weighted by Crippen LogP contribution is -2.26. The van der Waals surface area contributed by atoms with Crippen LogP contribution in [-0.2, 0) is 4.79 Å². The Labute approximate surface area is 161 Å². The summed E-state index contributed by atoms with van der Waals surface area (Å²) in [6, 6.07) is 0.311. The Morgan fingerprint density at radius 1 is 1.25 bits per heavy atom. The second kappa shape index (κ2) is 8.05. The minimum absolute atomic E-state index is 0.0921. The standard InChI is InChI=1S/C20H17N5O3/c1-12(3-6-18(26)13(2)16-10-22-23-11-16)15-7-14(8-21-9-15)4-5-17-19(27)25-20(28)24-17/h3,6-11,17,26H,1H2,2H3,(H,22,23)(H2,24,25,27,28)/b6-3-,18-13-. The van der Waals surface area contributed by atoms with Gasteiger partial charge in [-0.1, -0.05) is 24.5 Å². The molecule has 8 heteroatoms. The molecule has 0 saturated carbocycles. The molecule has 1 aliphatic heterocycles. The van der Waals surface area contributed by atoms with Crippen molar-refractivity contribution in [1.82, 2.24) is 25.8 Å². The fourth-order valence-electron chi connectivity index (χ4n) is 2.36. The van der Waals surface area contributed by atoms with E-state index < -0.39 is 18.0 Å². The fourth-order valence-corrected chi connectivity index (χ4v) is 2.36. The van der Waals surface area contributed by atoms with Gasteiger partial charge in [0.25, 0.3) is 5.91 Å². The molecule has 3 amide bonds. The van der Waals surface area contributed by atoms with Crippen LogP contribution in [0.3, 0.4) is 0 Å². The summed E-state index contributed by atoms with van der Waals surface area (Å²) in [5.74, 6) is 5.11. The Morgan fingerprint density at radius 2 is 2.07 bits per heavy atom. The third kappa shape index (κ3) is 4.34. The smallest absolute Gasteiger partial charge is 0.322 e. The first-order chi connectivity index (χ1) is 13.4. The van der Waals surface area contributed by atoms with E-state index in [0.717, 1.165) is 5.56 Å². The van der Waals surface area contributed by atoms with Crippen LogP contribution in [0.2, 0.25) is 0 Å². The molecule has 3 heterocycles. The number of aliphatic hydroxyl groups excluding tert-OH is 1. The van der Waals surface area contributed by atoms with Crippen LogP contribution >= 0.6 is 0 Å². The molecule has 0 aliphatic carbocycles. The molecule has 3 rings (SSSR count). The van der Waals surface area contributed by atoms with E-state index in [1.165, 1.54) is 0 Å². The number of carbonyl (C=O) groups is 2. The van der Waals surface area contributed by atoms with Crippen molar-refractivity contribution >= 4 is 23.1 Å². The van der Waals surface area contributed by atoms with Crippen LogP contribution in [0.15, 0.2) is 55.3 Å². The van der Waals surface area contributed by atoms with Gasteiger partial charge in [0.2, 0.25) is 0 Å². The molecule has 2 aromatic rings. The summed E-state index contributed by atoms with van der Waals surface area (Å²) in [5, 5.41) is 21.3. The predicted octanol–water partition coefficient (Wildman–Crippen LogP) is 1.92. The molecule has 0 spiro atoms. The molecule has 1 aliphatic rings. The third-order valence-corrected chi connectivity index (χ3v) is 4.00. The topological polar surface area (TPSA) is 120 Å². The number of aliphatic hydroxyl groups is 1. The number of rotatable bonds is 4. The highest BCUT2D eigenvalue weighted by Gasteiger charge is 2.27. The first kappa shape index (κ1) is 18.7. The number of aromatic amines is 1. The summed E-state index contributed by atoms with van der Waals surface area (Å²) in [5.41, 5.74) is 3.35. The van der Waals surface area contributed by atoms with E-state index in [4.69, 9.17) is 0 Å². The van der Waals surface area contributed by atoms with Crippen molar-refractivity contribution in [1.29, 1.82) is 0 Å². The SMILES string of the molecule is C=C(/C=C\C(O)=C(/C)c1cn[nH]c1)c1cncc(C#CC2NC(=O)NC2=O)c1. The van der Waals surface area contributed by atoms with E-state index in [1.54, 1.807) is 49.9 Å². The molecular formula is C20H17N5O3. The first-order valence-electron chi connectivity index (χ1n) is 8.28. The molecule has 1 unspecified atom stereocenters. The second-order valence-electron chi connectivity index (χ2n) is 5.98. The number of hydrogen-bond donors (Lipinski definition) is 4. The van der Waals surface area contributed by atoms with Gasteiger partial charge in [-0.25, -0.2) is 4.79 Å². The van der Waals surface area contributed by atoms with Crippen molar-refractivity contribution in [2.45, 2.75) is 13.0 Å². The Morgan fingerprint density at radius 3 is 2.75 bits per heavy atom. The first-order valence-corrected chi connectivity index (χ1v) is 8.28. The number of urea groups is 1. The Kier molecular flexibility index (Phi) is 5.37. The van der Waals surface area contributed by atoms with Gasteiger partial charge >= 0.3 is 6.03 Å². The average Bonchev–Trinajstić information content (AvgIpc) is 3.33. The van der Waals surface area contributed by atoms with Crippen molar-refractivity contribution in [3.63, 3.8) is 0 Å². The number of aromatic nitrogens is 3. The van der Waals surface area contributed by atoms with Gasteiger partial charge in [-0.2, -0.15) is 5.10 Å². The quantitative estimate of drug-likeness (QED) is 0.282. The van der Waals surface area contributed by atoms with Crippen molar-refractivity contribution in [3.8, 4) is 11.8 Å². The monoisotopic (exact) mass is 375 g/mol. The van der Waals surface area contributed by atoms with Gasteiger partial charge < -0.3 is 10.4 Å². The van der Waals surface area contributed by atoms with Gasteiger partial charge in [0.1, 0.15) is 5.76 Å². The molecule has 0 aromatic carbocycles. The Bertz CT molecular complexity index is 1060. The maximum atomic E-state index is 11.5. The molecule has 4 N–H and O–H groups in total. The number of nitrogens with zero attached hydrogens (tertiary/aromatic N) is 2. The molecule has 1 fully saturated rings. The number of pyridine rings is 1. The number of amides is 3. The summed E-state index contributed by atoms with van der Waals surface area (Å²) in [4.78, 5) is 26.7. The second-order valence-corrected chi connectivity index (χ2v) is 5.98. The number of allylic oxidation sites excluding steroid dienone is 4. The Balaban J connectivity index is 1.73. The molecule has 0 radical (unpaired) electrons. The molecule has 8 nitrogen and oxygen atoms in total. The van der Waals surface area contributed by atoms with E-state index in [0.29, 0.717) is 22.3 Å². The normalized spacial score (nSPS) is 16.8. The van der Waals surface area contributed by atoms with Gasteiger partial charge in [0.05, 0.1) is 6.20 Å². The number of hydrogen-bond acceptors (Lipinski definition) is 5. The van der Waals surface area contributed by atoms with Crippen molar-refractivity contribution in [3.05, 3.63) is 72.0 Å². The van der Waals surface area contributed by atoms with Gasteiger partial charge in [-0.05, 0) is 24.6 Å². The maximum Gasteiger partial charge on any atom is 0.322 e. The zero-order chi connectivity index (χ0) is 20.1. The van der Waals surface area contributed by atoms with E-state index >= 15 is 0 Å². The minimum atomic E-state index is -0.882. The van der Waals surface area contributed by atoms with Crippen molar-refractivity contribution in [2.75, 3.05) is 0 Å². The zero-order valence-corrected chi connectivity index (χ0v) is 15.0. The van der Waals surface area contributed by atoms with Crippen LogP contribution in [0.4, 0.5) is 4.79 Å². The molecule has 140 valence electrons. The van der Waals surface area contributed by atoms with Gasteiger partial charge in [-0.3, -0.25) is 20.2 Å². The fraction of sp³-hybridized carbons (Fsp3) is 0.100. The molecule has 2 aromatic heterocycles. The van der Waals surface area contributed by atoms with Crippen LogP contribution in [0.1, 0.15) is 23.6 Å². The number of nitrogens with one attached hydrogen (secondary N) is 3. The maximum absolute atomic E-state index is 11.5. The van der Waals surface area contributed by atoms with E-state index in [1.807, 2.05) is 0 Å². The van der Waals surface area contributed by atoms with Gasteiger partial charge in [0.15, 0.2) is 6.04 Å². The average molecular weight is 375 g/mol. The van der Waals surface area contributed by atoms with Crippen molar-refractivity contribution in [2.24, 2.45) is 0 Å². The van der Waals surface area contributed by atoms with Crippen LogP contribution in [0.25, 0.3) is 11.1 Å². The largest absolute Gasteiger partial charge is 0.508 e. The van der Waals surface area contributed by atoms with Crippen molar-refractivity contribution < 1.29 is 14.7 Å². The number of carbonyl (C=O) groups excluding carboxylic acids is 2. The summed E-state index contributed by atoms with van der Waals surface area (Å²) >= 11 is 0. The molecule has 1 atom stereocenters. The molecular weight excluding hydrogens is 358 g/mol. The molecule has 28 heavy (non-hydrogen) atoms. The number of imide groups is 1. The summed E-state index contributed by atoms with van der Waals surface area (Å²) in [7, 11) is 0. The third-order valence-electron chi connectivity index (χ3n) is 4.00. The van der Waals surface area contributed by atoms with Crippen LogP contribution in [-0.4, -0.2) is 38.3 Å². The molecule has 1 saturated heterocycles. The summed E-state index contributed by atoms with van der Waals surface area (Å²) < 4.78 is 0. The highest BCUT2D eigenvalue weighted by Crippen LogP contribution is 2.19. The summed E-state index contributed by atoms with van der Waals surface area (Å²) in [6.07, 6.45) is 9.67. The van der Waals surface area contributed by atoms with Gasteiger partial charge in [-0.15, -0.1) is 0 Å². The van der Waals surface area contributed by atoms with E-state index in [2.05, 4.69) is 44.2 Å². The highest BCUT2D eigenvalue weighted by atomic mass is 16.3. The lowest BCUT2D eigenvalue weighted by molar-refractivity contribution is -0.119. The molecule has 0 bridgehead atoms. The predicted molar refractivity (Wildman–Crippen MR) is 104 cm³/mol. The van der Waals surface area contributed by atoms with E-state index in [9.17, 15) is 14.7 Å². The van der Waals surface area contributed by atoms with Crippen LogP contribution in [0, 0.1) is 11.8 Å². The van der Waals surface area contributed by atoms with Crippen LogP contribution < -0.4 is 10.6 Å². The zero-order valence-electron chi connectivity index (χ0n) is 15.0. The Hall–Kier alpha value is -4.12. The minimum Gasteiger partial charge on any atom is -0.508 e. The highest BCUT2D eigenvalue weighted by molar-refractivity contribution is 6.05. The van der Waals surface area contributed by atoms with Gasteiger partial charge in [0, 0.05) is 40.9 Å².